The van der Waals surface area contributed by atoms with Crippen LogP contribution in [-0.2, 0) is 4.74 Å². The summed E-state index contributed by atoms with van der Waals surface area (Å²) in [6.07, 6.45) is 19.2. The Morgan fingerprint density at radius 2 is 1.33 bits per heavy atom. The summed E-state index contributed by atoms with van der Waals surface area (Å²) in [5.74, 6) is 0.910. The average Bonchev–Trinajstić information content (AvgIpc) is 2.89. The van der Waals surface area contributed by atoms with Crippen molar-refractivity contribution in [3.05, 3.63) is 36.4 Å². The summed E-state index contributed by atoms with van der Waals surface area (Å²) in [6, 6.07) is 4.88. The predicted octanol–water partition coefficient (Wildman–Crippen LogP) is 8.56. The smallest absolute Gasteiger partial charge is 0.165 e. The van der Waals surface area contributed by atoms with Crippen molar-refractivity contribution in [3.8, 4) is 22.9 Å². The SMILES string of the molecule is CCCCCCCCCCCOc1ccc(-c2ncc(OCC(C)OCCCCCC)cn2)cc1F. The Morgan fingerprint density at radius 1 is 0.750 bits per heavy atom. The van der Waals surface area contributed by atoms with Crippen LogP contribution < -0.4 is 9.47 Å². The number of ether oxygens (including phenoxy) is 3. The number of halogens is 1. The van der Waals surface area contributed by atoms with Gasteiger partial charge in [-0.25, -0.2) is 14.4 Å². The molecular weight excluding hydrogens is 455 g/mol. The number of nitrogens with zero attached hydrogens (tertiary/aromatic N) is 2. The Balaban J connectivity index is 1.67. The normalized spacial score (nSPS) is 12.0. The Hall–Kier alpha value is -2.21. The number of unbranched alkanes of at least 4 members (excludes halogenated alkanes) is 11. The fraction of sp³-hybridized carbons (Fsp3) is 0.667. The third-order valence-electron chi connectivity index (χ3n) is 6.21. The molecule has 5 nitrogen and oxygen atoms in total. The number of rotatable bonds is 21. The maximum atomic E-state index is 14.6. The van der Waals surface area contributed by atoms with E-state index >= 15 is 0 Å². The van der Waals surface area contributed by atoms with Gasteiger partial charge in [-0.05, 0) is 38.0 Å². The molecule has 0 aliphatic rings. The van der Waals surface area contributed by atoms with Crippen LogP contribution in [0.2, 0.25) is 0 Å². The first kappa shape index (κ1) is 30.0. The van der Waals surface area contributed by atoms with Gasteiger partial charge in [0.15, 0.2) is 23.1 Å². The van der Waals surface area contributed by atoms with Gasteiger partial charge in [0.2, 0.25) is 0 Å². The monoisotopic (exact) mass is 502 g/mol. The first-order chi connectivity index (χ1) is 17.6. The Kier molecular flexibility index (Phi) is 15.8. The average molecular weight is 503 g/mol. The molecule has 0 aliphatic heterocycles. The second-order valence-electron chi connectivity index (χ2n) is 9.62. The maximum absolute atomic E-state index is 14.6. The quantitative estimate of drug-likeness (QED) is 0.160. The third kappa shape index (κ3) is 12.7. The van der Waals surface area contributed by atoms with E-state index in [0.29, 0.717) is 30.4 Å². The summed E-state index contributed by atoms with van der Waals surface area (Å²) in [7, 11) is 0. The van der Waals surface area contributed by atoms with E-state index < -0.39 is 5.82 Å². The van der Waals surface area contributed by atoms with E-state index in [1.54, 1.807) is 24.5 Å². The van der Waals surface area contributed by atoms with Crippen molar-refractivity contribution in [3.63, 3.8) is 0 Å². The molecular formula is C30H47FN2O3. The van der Waals surface area contributed by atoms with Gasteiger partial charge in [-0.3, -0.25) is 0 Å². The van der Waals surface area contributed by atoms with Crippen LogP contribution in [0.25, 0.3) is 11.4 Å². The van der Waals surface area contributed by atoms with Crippen molar-refractivity contribution in [2.24, 2.45) is 0 Å². The summed E-state index contributed by atoms with van der Waals surface area (Å²) in [4.78, 5) is 8.67. The zero-order chi connectivity index (χ0) is 25.8. The second-order valence-corrected chi connectivity index (χ2v) is 9.62. The van der Waals surface area contributed by atoms with Crippen LogP contribution in [0.5, 0.6) is 11.5 Å². The van der Waals surface area contributed by atoms with E-state index in [1.807, 2.05) is 6.92 Å². The molecule has 1 heterocycles. The molecule has 6 heteroatoms. The van der Waals surface area contributed by atoms with Gasteiger partial charge >= 0.3 is 0 Å². The molecule has 36 heavy (non-hydrogen) atoms. The molecule has 0 saturated carbocycles. The van der Waals surface area contributed by atoms with Crippen LogP contribution >= 0.6 is 0 Å². The Morgan fingerprint density at radius 3 is 1.97 bits per heavy atom. The van der Waals surface area contributed by atoms with Crippen molar-refractivity contribution < 1.29 is 18.6 Å². The largest absolute Gasteiger partial charge is 0.491 e. The van der Waals surface area contributed by atoms with Crippen molar-refractivity contribution >= 4 is 0 Å². The first-order valence-electron chi connectivity index (χ1n) is 14.1. The summed E-state index contributed by atoms with van der Waals surface area (Å²) < 4.78 is 31.7. The number of hydrogen-bond acceptors (Lipinski definition) is 5. The molecule has 1 unspecified atom stereocenters. The second kappa shape index (κ2) is 19.0. The fourth-order valence-electron chi connectivity index (χ4n) is 3.97. The van der Waals surface area contributed by atoms with Crippen LogP contribution in [0, 0.1) is 5.82 Å². The minimum absolute atomic E-state index is 0.00323. The highest BCUT2D eigenvalue weighted by Gasteiger charge is 2.10. The standard InChI is InChI=1S/C30H47FN2O3/c1-4-6-8-10-11-12-13-14-16-20-35-29-18-17-26(21-28(29)31)30-32-22-27(23-33-30)36-24-25(3)34-19-15-9-7-5-2/h17-18,21-23,25H,4-16,19-20,24H2,1-3H3. The summed E-state index contributed by atoms with van der Waals surface area (Å²) in [6.45, 7) is 8.17. The molecule has 0 spiro atoms. The highest BCUT2D eigenvalue weighted by atomic mass is 19.1. The number of hydrogen-bond donors (Lipinski definition) is 0. The molecule has 202 valence electrons. The molecule has 1 atom stereocenters. The molecule has 2 rings (SSSR count). The Bertz CT molecular complexity index is 816. The summed E-state index contributed by atoms with van der Waals surface area (Å²) >= 11 is 0. The van der Waals surface area contributed by atoms with Crippen LogP contribution in [0.15, 0.2) is 30.6 Å². The molecule has 0 fully saturated rings. The van der Waals surface area contributed by atoms with Gasteiger partial charge in [-0.1, -0.05) is 84.5 Å². The predicted molar refractivity (Wildman–Crippen MR) is 145 cm³/mol. The molecule has 1 aromatic carbocycles. The highest BCUT2D eigenvalue weighted by molar-refractivity contribution is 5.56. The zero-order valence-corrected chi connectivity index (χ0v) is 22.8. The minimum atomic E-state index is -0.391. The zero-order valence-electron chi connectivity index (χ0n) is 22.8. The van der Waals surface area contributed by atoms with Crippen LogP contribution in [0.4, 0.5) is 4.39 Å². The lowest BCUT2D eigenvalue weighted by Gasteiger charge is -2.14. The molecule has 0 amide bonds. The highest BCUT2D eigenvalue weighted by Crippen LogP contribution is 2.24. The first-order valence-corrected chi connectivity index (χ1v) is 14.1. The lowest BCUT2D eigenvalue weighted by atomic mass is 10.1. The van der Waals surface area contributed by atoms with Gasteiger partial charge in [0, 0.05) is 12.2 Å². The number of aromatic nitrogens is 2. The topological polar surface area (TPSA) is 53.5 Å². The molecule has 0 aliphatic carbocycles. The van der Waals surface area contributed by atoms with Crippen molar-refractivity contribution in [2.45, 2.75) is 110 Å². The third-order valence-corrected chi connectivity index (χ3v) is 6.21. The van der Waals surface area contributed by atoms with Gasteiger partial charge in [0.05, 0.1) is 25.1 Å². The van der Waals surface area contributed by atoms with E-state index in [9.17, 15) is 4.39 Å². The Labute approximate surface area is 218 Å². The maximum Gasteiger partial charge on any atom is 0.165 e. The van der Waals surface area contributed by atoms with Gasteiger partial charge in [0.25, 0.3) is 0 Å². The molecule has 1 aromatic heterocycles. The van der Waals surface area contributed by atoms with Gasteiger partial charge in [0.1, 0.15) is 6.61 Å². The van der Waals surface area contributed by atoms with Crippen LogP contribution in [-0.4, -0.2) is 35.9 Å². The molecule has 0 N–H and O–H groups in total. The fourth-order valence-corrected chi connectivity index (χ4v) is 3.97. The molecule has 0 saturated heterocycles. The molecule has 0 bridgehead atoms. The van der Waals surface area contributed by atoms with Crippen molar-refractivity contribution in [1.82, 2.24) is 9.97 Å². The van der Waals surface area contributed by atoms with E-state index in [2.05, 4.69) is 23.8 Å². The lowest BCUT2D eigenvalue weighted by Crippen LogP contribution is -2.18. The number of benzene rings is 1. The molecule has 0 radical (unpaired) electrons. The van der Waals surface area contributed by atoms with Gasteiger partial charge in [-0.2, -0.15) is 0 Å². The lowest BCUT2D eigenvalue weighted by molar-refractivity contribution is 0.0301. The van der Waals surface area contributed by atoms with Crippen LogP contribution in [0.3, 0.4) is 0 Å². The van der Waals surface area contributed by atoms with E-state index in [1.165, 1.54) is 70.3 Å². The van der Waals surface area contributed by atoms with E-state index in [0.717, 1.165) is 25.9 Å². The van der Waals surface area contributed by atoms with E-state index in [4.69, 9.17) is 14.2 Å². The summed E-state index contributed by atoms with van der Waals surface area (Å²) in [5.41, 5.74) is 0.609. The van der Waals surface area contributed by atoms with Crippen molar-refractivity contribution in [2.75, 3.05) is 19.8 Å². The van der Waals surface area contributed by atoms with Crippen LogP contribution in [0.1, 0.15) is 104 Å². The van der Waals surface area contributed by atoms with Crippen molar-refractivity contribution in [1.29, 1.82) is 0 Å². The van der Waals surface area contributed by atoms with E-state index in [-0.39, 0.29) is 11.9 Å². The minimum Gasteiger partial charge on any atom is -0.491 e. The van der Waals surface area contributed by atoms with Gasteiger partial charge in [-0.15, -0.1) is 0 Å². The summed E-state index contributed by atoms with van der Waals surface area (Å²) in [5, 5.41) is 0. The molecule has 2 aromatic rings. The van der Waals surface area contributed by atoms with Gasteiger partial charge < -0.3 is 14.2 Å².